The van der Waals surface area contributed by atoms with E-state index in [1.54, 1.807) is 0 Å². The van der Waals surface area contributed by atoms with Crippen molar-refractivity contribution in [1.29, 1.82) is 0 Å². The molecule has 0 bridgehead atoms. The first-order valence-corrected chi connectivity index (χ1v) is 5.94. The third-order valence-corrected chi connectivity index (χ3v) is 3.03. The number of aromatic nitrogens is 2. The van der Waals surface area contributed by atoms with Gasteiger partial charge in [-0.05, 0) is 18.9 Å². The highest BCUT2D eigenvalue weighted by molar-refractivity contribution is 6.29. The van der Waals surface area contributed by atoms with Gasteiger partial charge in [0, 0.05) is 11.6 Å². The van der Waals surface area contributed by atoms with Crippen molar-refractivity contribution >= 4 is 11.6 Å². The number of halogens is 1. The minimum Gasteiger partial charge on any atom is -0.376 e. The number of hydrogen-bond acceptors (Lipinski definition) is 4. The second-order valence-electron chi connectivity index (χ2n) is 4.18. The Bertz CT molecular complexity index is 390. The summed E-state index contributed by atoms with van der Waals surface area (Å²) in [4.78, 5) is 8.74. The summed E-state index contributed by atoms with van der Waals surface area (Å²) in [5, 5.41) is 0.501. The second kappa shape index (κ2) is 4.28. The minimum atomic E-state index is -0.162. The molecule has 1 saturated heterocycles. The SMILES string of the molecule is Clc1cc(C2CC2)nc(C2COCCO2)n1. The zero-order valence-electron chi connectivity index (χ0n) is 8.86. The summed E-state index contributed by atoms with van der Waals surface area (Å²) in [5.74, 6) is 1.23. The van der Waals surface area contributed by atoms with Crippen LogP contribution in [0.5, 0.6) is 0 Å². The zero-order chi connectivity index (χ0) is 11.0. The normalized spacial score (nSPS) is 25.7. The van der Waals surface area contributed by atoms with Crippen molar-refractivity contribution in [2.24, 2.45) is 0 Å². The van der Waals surface area contributed by atoms with E-state index < -0.39 is 0 Å². The molecule has 16 heavy (non-hydrogen) atoms. The van der Waals surface area contributed by atoms with Crippen LogP contribution in [0.1, 0.15) is 36.4 Å². The predicted molar refractivity (Wildman–Crippen MR) is 58.5 cm³/mol. The maximum absolute atomic E-state index is 5.99. The van der Waals surface area contributed by atoms with Crippen LogP contribution >= 0.6 is 11.6 Å². The second-order valence-corrected chi connectivity index (χ2v) is 4.57. The number of nitrogens with zero attached hydrogens (tertiary/aromatic N) is 2. The van der Waals surface area contributed by atoms with E-state index in [2.05, 4.69) is 9.97 Å². The molecule has 1 aliphatic carbocycles. The lowest BCUT2D eigenvalue weighted by atomic mass is 10.2. The highest BCUT2D eigenvalue weighted by Gasteiger charge is 2.28. The molecular weight excluding hydrogens is 228 g/mol. The molecular formula is C11H13ClN2O2. The predicted octanol–water partition coefficient (Wildman–Crippen LogP) is 2.10. The van der Waals surface area contributed by atoms with E-state index >= 15 is 0 Å². The van der Waals surface area contributed by atoms with E-state index in [0.29, 0.717) is 36.7 Å². The van der Waals surface area contributed by atoms with Crippen molar-refractivity contribution in [3.63, 3.8) is 0 Å². The molecule has 0 aromatic carbocycles. The summed E-state index contributed by atoms with van der Waals surface area (Å²) >= 11 is 5.99. The van der Waals surface area contributed by atoms with Crippen LogP contribution in [0.25, 0.3) is 0 Å². The van der Waals surface area contributed by atoms with Crippen LogP contribution in [0, 0.1) is 0 Å². The smallest absolute Gasteiger partial charge is 0.161 e. The molecule has 1 unspecified atom stereocenters. The van der Waals surface area contributed by atoms with Crippen molar-refractivity contribution in [3.05, 3.63) is 22.7 Å². The molecule has 0 amide bonds. The Morgan fingerprint density at radius 3 is 2.81 bits per heavy atom. The average Bonchev–Trinajstić information content (AvgIpc) is 3.13. The van der Waals surface area contributed by atoms with Gasteiger partial charge in [-0.3, -0.25) is 0 Å². The van der Waals surface area contributed by atoms with E-state index in [9.17, 15) is 0 Å². The summed E-state index contributed by atoms with van der Waals surface area (Å²) in [5.41, 5.74) is 1.05. The van der Waals surface area contributed by atoms with Gasteiger partial charge >= 0.3 is 0 Å². The largest absolute Gasteiger partial charge is 0.376 e. The quantitative estimate of drug-likeness (QED) is 0.743. The van der Waals surface area contributed by atoms with Crippen molar-refractivity contribution in [3.8, 4) is 0 Å². The van der Waals surface area contributed by atoms with Crippen LogP contribution in [0.4, 0.5) is 0 Å². The lowest BCUT2D eigenvalue weighted by Gasteiger charge is -2.22. The maximum Gasteiger partial charge on any atom is 0.161 e. The molecule has 2 aliphatic rings. The maximum atomic E-state index is 5.99. The van der Waals surface area contributed by atoms with Crippen LogP contribution < -0.4 is 0 Å². The number of ether oxygens (including phenoxy) is 2. The highest BCUT2D eigenvalue weighted by Crippen LogP contribution is 2.39. The fourth-order valence-electron chi connectivity index (χ4n) is 1.82. The first kappa shape index (κ1) is 10.4. The molecule has 1 aromatic heterocycles. The summed E-state index contributed by atoms with van der Waals surface area (Å²) in [6.45, 7) is 1.76. The van der Waals surface area contributed by atoms with E-state index in [0.717, 1.165) is 5.69 Å². The van der Waals surface area contributed by atoms with Gasteiger partial charge < -0.3 is 9.47 Å². The van der Waals surface area contributed by atoms with Crippen LogP contribution in [0.15, 0.2) is 6.07 Å². The first-order chi connectivity index (χ1) is 7.83. The Balaban J connectivity index is 1.86. The van der Waals surface area contributed by atoms with Crippen molar-refractivity contribution in [1.82, 2.24) is 9.97 Å². The third kappa shape index (κ3) is 2.19. The van der Waals surface area contributed by atoms with Gasteiger partial charge in [0.25, 0.3) is 0 Å². The molecule has 0 N–H and O–H groups in total. The molecule has 1 aliphatic heterocycles. The highest BCUT2D eigenvalue weighted by atomic mass is 35.5. The molecule has 1 saturated carbocycles. The van der Waals surface area contributed by atoms with Gasteiger partial charge in [0.15, 0.2) is 5.82 Å². The van der Waals surface area contributed by atoms with E-state index in [1.165, 1.54) is 12.8 Å². The topological polar surface area (TPSA) is 44.2 Å². The standard InChI is InChI=1S/C11H13ClN2O2/c12-10-5-8(7-1-2-7)13-11(14-10)9-6-15-3-4-16-9/h5,7,9H,1-4,6H2. The van der Waals surface area contributed by atoms with Crippen molar-refractivity contribution in [2.45, 2.75) is 24.9 Å². The summed E-state index contributed by atoms with van der Waals surface area (Å²) in [7, 11) is 0. The fraction of sp³-hybridized carbons (Fsp3) is 0.636. The Morgan fingerprint density at radius 2 is 2.12 bits per heavy atom. The average molecular weight is 241 g/mol. The lowest BCUT2D eigenvalue weighted by molar-refractivity contribution is -0.0935. The Hall–Kier alpha value is -0.710. The Kier molecular flexibility index (Phi) is 2.79. The van der Waals surface area contributed by atoms with Gasteiger partial charge in [0.2, 0.25) is 0 Å². The number of hydrogen-bond donors (Lipinski definition) is 0. The van der Waals surface area contributed by atoms with Crippen LogP contribution in [0.2, 0.25) is 5.15 Å². The van der Waals surface area contributed by atoms with Gasteiger partial charge in [0.05, 0.1) is 19.8 Å². The number of rotatable bonds is 2. The van der Waals surface area contributed by atoms with Crippen molar-refractivity contribution in [2.75, 3.05) is 19.8 Å². The molecule has 5 heteroatoms. The molecule has 1 aromatic rings. The van der Waals surface area contributed by atoms with Crippen molar-refractivity contribution < 1.29 is 9.47 Å². The Morgan fingerprint density at radius 1 is 1.25 bits per heavy atom. The van der Waals surface area contributed by atoms with Crippen LogP contribution in [0.3, 0.4) is 0 Å². The van der Waals surface area contributed by atoms with Gasteiger partial charge in [-0.15, -0.1) is 0 Å². The zero-order valence-corrected chi connectivity index (χ0v) is 9.61. The van der Waals surface area contributed by atoms with Crippen LogP contribution in [-0.4, -0.2) is 29.8 Å². The molecule has 0 spiro atoms. The minimum absolute atomic E-state index is 0.162. The lowest BCUT2D eigenvalue weighted by Crippen LogP contribution is -2.24. The third-order valence-electron chi connectivity index (χ3n) is 2.83. The van der Waals surface area contributed by atoms with E-state index in [1.807, 2.05) is 6.07 Å². The first-order valence-electron chi connectivity index (χ1n) is 5.56. The van der Waals surface area contributed by atoms with E-state index in [4.69, 9.17) is 21.1 Å². The van der Waals surface area contributed by atoms with Gasteiger partial charge in [0.1, 0.15) is 11.3 Å². The van der Waals surface area contributed by atoms with Crippen LogP contribution in [-0.2, 0) is 9.47 Å². The fourth-order valence-corrected chi connectivity index (χ4v) is 2.02. The molecule has 2 fully saturated rings. The summed E-state index contributed by atoms with van der Waals surface area (Å²) < 4.78 is 10.9. The van der Waals surface area contributed by atoms with Gasteiger partial charge in [-0.25, -0.2) is 9.97 Å². The molecule has 3 rings (SSSR count). The molecule has 0 radical (unpaired) electrons. The molecule has 2 heterocycles. The van der Waals surface area contributed by atoms with Gasteiger partial charge in [-0.2, -0.15) is 0 Å². The van der Waals surface area contributed by atoms with E-state index in [-0.39, 0.29) is 6.10 Å². The summed E-state index contributed by atoms with van der Waals surface area (Å²) in [6, 6.07) is 1.85. The summed E-state index contributed by atoms with van der Waals surface area (Å²) in [6.07, 6.45) is 2.24. The molecule has 86 valence electrons. The Labute approximate surface area is 98.9 Å². The monoisotopic (exact) mass is 240 g/mol. The molecule has 1 atom stereocenters. The van der Waals surface area contributed by atoms with Gasteiger partial charge in [-0.1, -0.05) is 11.6 Å². The molecule has 4 nitrogen and oxygen atoms in total.